The van der Waals surface area contributed by atoms with E-state index in [1.807, 2.05) is 17.0 Å². The van der Waals surface area contributed by atoms with Gasteiger partial charge in [-0.2, -0.15) is 0 Å². The van der Waals surface area contributed by atoms with Gasteiger partial charge in [0.15, 0.2) is 0 Å². The summed E-state index contributed by atoms with van der Waals surface area (Å²) in [5.74, 6) is 1.34. The average molecular weight is 378 g/mol. The van der Waals surface area contributed by atoms with E-state index in [4.69, 9.17) is 16.3 Å². The minimum absolute atomic E-state index is 0.126. The quantitative estimate of drug-likeness (QED) is 0.749. The molecule has 1 fully saturated rings. The molecular formula is C18H20ClN3O2S. The van der Waals surface area contributed by atoms with E-state index in [9.17, 15) is 4.79 Å². The molecule has 0 radical (unpaired) electrons. The molecule has 2 heterocycles. The molecule has 1 aromatic heterocycles. The van der Waals surface area contributed by atoms with Crippen molar-refractivity contribution < 1.29 is 9.53 Å². The van der Waals surface area contributed by atoms with Crippen LogP contribution in [0.5, 0.6) is 5.75 Å². The van der Waals surface area contributed by atoms with Crippen molar-refractivity contribution in [3.05, 3.63) is 47.6 Å². The van der Waals surface area contributed by atoms with Gasteiger partial charge in [0.2, 0.25) is 5.91 Å². The van der Waals surface area contributed by atoms with Crippen LogP contribution in [0, 0.1) is 0 Å². The van der Waals surface area contributed by atoms with Crippen molar-refractivity contribution in [2.24, 2.45) is 0 Å². The van der Waals surface area contributed by atoms with Gasteiger partial charge in [-0.25, -0.2) is 4.98 Å². The molecule has 3 rings (SSSR count). The summed E-state index contributed by atoms with van der Waals surface area (Å²) < 4.78 is 5.19. The van der Waals surface area contributed by atoms with E-state index in [1.54, 1.807) is 25.4 Å². The molecule has 1 aliphatic heterocycles. The zero-order valence-electron chi connectivity index (χ0n) is 14.0. The Kier molecular flexibility index (Phi) is 6.04. The lowest BCUT2D eigenvalue weighted by Gasteiger charge is -2.36. The molecule has 1 aliphatic rings. The van der Waals surface area contributed by atoms with Crippen molar-refractivity contribution >= 4 is 35.0 Å². The van der Waals surface area contributed by atoms with Gasteiger partial charge in [-0.15, -0.1) is 0 Å². The Labute approximate surface area is 156 Å². The fraction of sp³-hybridized carbons (Fsp3) is 0.333. The number of piperazine rings is 1. The highest BCUT2D eigenvalue weighted by Crippen LogP contribution is 2.25. The number of pyridine rings is 1. The van der Waals surface area contributed by atoms with E-state index in [1.165, 1.54) is 11.8 Å². The van der Waals surface area contributed by atoms with Crippen LogP contribution in [0.25, 0.3) is 0 Å². The minimum atomic E-state index is 0.126. The topological polar surface area (TPSA) is 45.7 Å². The molecule has 0 aliphatic carbocycles. The van der Waals surface area contributed by atoms with E-state index in [2.05, 4.69) is 22.0 Å². The van der Waals surface area contributed by atoms with Gasteiger partial charge in [0.25, 0.3) is 0 Å². The first-order chi connectivity index (χ1) is 12.2. The molecule has 0 spiro atoms. The molecule has 0 unspecified atom stereocenters. The number of benzene rings is 1. The predicted octanol–water partition coefficient (Wildman–Crippen LogP) is 3.18. The summed E-state index contributed by atoms with van der Waals surface area (Å²) in [6.45, 7) is 3.10. The van der Waals surface area contributed by atoms with E-state index >= 15 is 0 Å². The molecule has 0 atom stereocenters. The largest absolute Gasteiger partial charge is 0.497 e. The van der Waals surface area contributed by atoms with Crippen molar-refractivity contribution in [1.29, 1.82) is 0 Å². The summed E-state index contributed by atoms with van der Waals surface area (Å²) in [5, 5.41) is 1.29. The number of anilines is 1. The van der Waals surface area contributed by atoms with Gasteiger partial charge in [0, 0.05) is 38.1 Å². The normalized spacial score (nSPS) is 14.5. The number of ether oxygens (including phenoxy) is 1. The van der Waals surface area contributed by atoms with Gasteiger partial charge in [-0.1, -0.05) is 23.4 Å². The number of aromatic nitrogens is 1. The Morgan fingerprint density at radius 2 is 1.92 bits per heavy atom. The van der Waals surface area contributed by atoms with Crippen LogP contribution >= 0.6 is 23.4 Å². The Morgan fingerprint density at radius 3 is 2.56 bits per heavy atom. The summed E-state index contributed by atoms with van der Waals surface area (Å²) in [6, 6.07) is 11.6. The van der Waals surface area contributed by atoms with Crippen molar-refractivity contribution in [2.45, 2.75) is 5.03 Å². The fourth-order valence-electron chi connectivity index (χ4n) is 2.71. The average Bonchev–Trinajstić information content (AvgIpc) is 2.67. The lowest BCUT2D eigenvalue weighted by atomic mass is 10.2. The maximum Gasteiger partial charge on any atom is 0.233 e. The second-order valence-electron chi connectivity index (χ2n) is 5.64. The Bertz CT molecular complexity index is 719. The van der Waals surface area contributed by atoms with Crippen LogP contribution in [-0.2, 0) is 4.79 Å². The molecule has 25 heavy (non-hydrogen) atoms. The number of thioether (sulfide) groups is 1. The molecule has 0 N–H and O–H groups in total. The van der Waals surface area contributed by atoms with E-state index in [0.29, 0.717) is 15.8 Å². The van der Waals surface area contributed by atoms with Gasteiger partial charge in [-0.3, -0.25) is 4.79 Å². The third-order valence-electron chi connectivity index (χ3n) is 4.13. The number of methoxy groups -OCH3 is 1. The molecule has 1 saturated heterocycles. The van der Waals surface area contributed by atoms with Crippen molar-refractivity contribution in [3.8, 4) is 5.75 Å². The van der Waals surface area contributed by atoms with Gasteiger partial charge in [0.05, 0.1) is 17.9 Å². The summed E-state index contributed by atoms with van der Waals surface area (Å²) in [7, 11) is 1.66. The lowest BCUT2D eigenvalue weighted by Crippen LogP contribution is -2.49. The van der Waals surface area contributed by atoms with Crippen LogP contribution in [0.4, 0.5) is 5.69 Å². The summed E-state index contributed by atoms with van der Waals surface area (Å²) in [5.41, 5.74) is 1.16. The third-order valence-corrected chi connectivity index (χ3v) is 5.53. The Morgan fingerprint density at radius 1 is 1.20 bits per heavy atom. The molecule has 0 bridgehead atoms. The number of amides is 1. The highest BCUT2D eigenvalue weighted by Gasteiger charge is 2.21. The number of rotatable bonds is 5. The van der Waals surface area contributed by atoms with E-state index < -0.39 is 0 Å². The summed E-state index contributed by atoms with van der Waals surface area (Å²) in [6.07, 6.45) is 1.69. The molecule has 1 amide bonds. The molecule has 5 nitrogen and oxygen atoms in total. The van der Waals surface area contributed by atoms with Gasteiger partial charge in [-0.05, 0) is 36.4 Å². The Balaban J connectivity index is 1.49. The second-order valence-corrected chi connectivity index (χ2v) is 7.02. The first kappa shape index (κ1) is 17.9. The highest BCUT2D eigenvalue weighted by atomic mass is 35.5. The number of hydrogen-bond donors (Lipinski definition) is 0. The fourth-order valence-corrected chi connectivity index (χ4v) is 3.78. The van der Waals surface area contributed by atoms with Crippen LogP contribution in [0.15, 0.2) is 47.6 Å². The van der Waals surface area contributed by atoms with Gasteiger partial charge >= 0.3 is 0 Å². The second kappa shape index (κ2) is 8.45. The number of halogens is 1. The zero-order chi connectivity index (χ0) is 17.6. The maximum absolute atomic E-state index is 12.4. The van der Waals surface area contributed by atoms with Gasteiger partial charge < -0.3 is 14.5 Å². The van der Waals surface area contributed by atoms with Crippen LogP contribution in [0.1, 0.15) is 0 Å². The molecule has 7 heteroatoms. The first-order valence-electron chi connectivity index (χ1n) is 8.07. The lowest BCUT2D eigenvalue weighted by molar-refractivity contribution is -0.128. The summed E-state index contributed by atoms with van der Waals surface area (Å²) in [4.78, 5) is 20.8. The van der Waals surface area contributed by atoms with Crippen molar-refractivity contribution in [3.63, 3.8) is 0 Å². The zero-order valence-corrected chi connectivity index (χ0v) is 15.6. The predicted molar refractivity (Wildman–Crippen MR) is 102 cm³/mol. The molecule has 1 aromatic carbocycles. The number of nitrogens with zero attached hydrogens (tertiary/aromatic N) is 3. The van der Waals surface area contributed by atoms with E-state index in [0.717, 1.165) is 37.6 Å². The monoisotopic (exact) mass is 377 g/mol. The number of carbonyl (C=O) groups excluding carboxylic acids is 1. The number of carbonyl (C=O) groups is 1. The summed E-state index contributed by atoms with van der Waals surface area (Å²) >= 11 is 7.47. The maximum atomic E-state index is 12.4. The number of hydrogen-bond acceptors (Lipinski definition) is 5. The Hall–Kier alpha value is -1.92. The smallest absolute Gasteiger partial charge is 0.233 e. The van der Waals surface area contributed by atoms with Crippen LogP contribution < -0.4 is 9.64 Å². The molecular weight excluding hydrogens is 358 g/mol. The third kappa shape index (κ3) is 4.58. The van der Waals surface area contributed by atoms with Gasteiger partial charge in [0.1, 0.15) is 10.8 Å². The van der Waals surface area contributed by atoms with Crippen LogP contribution in [0.3, 0.4) is 0 Å². The van der Waals surface area contributed by atoms with Crippen LogP contribution in [-0.4, -0.2) is 54.8 Å². The van der Waals surface area contributed by atoms with E-state index in [-0.39, 0.29) is 5.91 Å². The minimum Gasteiger partial charge on any atom is -0.497 e. The standard InChI is InChI=1S/C18H20ClN3O2S/c1-24-15-6-4-14(5-7-15)21-9-11-22(12-10-21)17(23)13-25-18-16(19)3-2-8-20-18/h2-8H,9-13H2,1H3. The highest BCUT2D eigenvalue weighted by molar-refractivity contribution is 8.00. The SMILES string of the molecule is COc1ccc(N2CCN(C(=O)CSc3ncccc3Cl)CC2)cc1. The molecule has 2 aromatic rings. The first-order valence-corrected chi connectivity index (χ1v) is 9.44. The van der Waals surface area contributed by atoms with Crippen LogP contribution in [0.2, 0.25) is 5.02 Å². The van der Waals surface area contributed by atoms with Crippen molar-refractivity contribution in [2.75, 3.05) is 43.9 Å². The van der Waals surface area contributed by atoms with Crippen molar-refractivity contribution in [1.82, 2.24) is 9.88 Å². The molecule has 132 valence electrons. The molecule has 0 saturated carbocycles.